The van der Waals surface area contributed by atoms with Crippen LogP contribution in [0.3, 0.4) is 0 Å². The highest BCUT2D eigenvalue weighted by molar-refractivity contribution is 6.23. The summed E-state index contributed by atoms with van der Waals surface area (Å²) in [5.41, 5.74) is 6.70. The van der Waals surface area contributed by atoms with Crippen molar-refractivity contribution in [2.45, 2.75) is 113 Å². The van der Waals surface area contributed by atoms with Crippen molar-refractivity contribution < 1.29 is 70.7 Å². The quantitative estimate of drug-likeness (QED) is 0.0614. The average Bonchev–Trinajstić information content (AvgIpc) is 3.24. The number of ketones is 2. The third-order valence-electron chi connectivity index (χ3n) is 5.76. The van der Waals surface area contributed by atoms with Gasteiger partial charge in [0, 0.05) is 67.8 Å². The molecule has 1 unspecified atom stereocenters. The molecule has 301 valence electrons. The molecule has 0 spiro atoms. The molecule has 1 radical (unpaired) electrons. The van der Waals surface area contributed by atoms with Gasteiger partial charge in [0.05, 0.1) is 13.2 Å². The number of rotatable bonds is 6. The van der Waals surface area contributed by atoms with E-state index in [1.54, 1.807) is 39.5 Å². The van der Waals surface area contributed by atoms with E-state index in [1.807, 2.05) is 34.6 Å². The molecule has 2 rings (SSSR count). The van der Waals surface area contributed by atoms with Crippen molar-refractivity contribution in [2.24, 2.45) is 5.92 Å². The summed E-state index contributed by atoms with van der Waals surface area (Å²) in [4.78, 5) is 73.6. The lowest BCUT2D eigenvalue weighted by atomic mass is 10.00. The maximum Gasteiger partial charge on any atom is 0.413 e. The number of halogens is 3. The number of likely N-dealkylation sites (tertiary alicyclic amines) is 2. The highest BCUT2D eigenvalue weighted by atomic mass is 20.0. The maximum atomic E-state index is 12.0. The first-order valence-electron chi connectivity index (χ1n) is 16.9. The first-order chi connectivity index (χ1) is 24.3. The number of amides is 2. The highest BCUT2D eigenvalue weighted by Gasteiger charge is 2.33. The first-order valence-corrected chi connectivity index (χ1v) is 16.9. The second-order valence-corrected chi connectivity index (χ2v) is 12.3. The van der Waals surface area contributed by atoms with Crippen LogP contribution in [-0.4, -0.2) is 128 Å². The summed E-state index contributed by atoms with van der Waals surface area (Å²) in [5, 5.41) is 0. The Kier molecular flexibility index (Phi) is 34.7. The lowest BCUT2D eigenvalue weighted by molar-refractivity contribution is -0.151. The van der Waals surface area contributed by atoms with Crippen LogP contribution in [-0.2, 0) is 42.9 Å². The van der Waals surface area contributed by atoms with Crippen LogP contribution >= 0.6 is 0 Å². The van der Waals surface area contributed by atoms with Crippen molar-refractivity contribution in [3.05, 3.63) is 5.53 Å². The van der Waals surface area contributed by atoms with Crippen molar-refractivity contribution in [3.63, 3.8) is 0 Å². The van der Waals surface area contributed by atoms with Gasteiger partial charge in [-0.25, -0.2) is 14.4 Å². The Morgan fingerprint density at radius 3 is 1.54 bits per heavy atom. The van der Waals surface area contributed by atoms with Crippen LogP contribution in [0.15, 0.2) is 0 Å². The van der Waals surface area contributed by atoms with Crippen molar-refractivity contribution >= 4 is 49.5 Å². The number of ether oxygens (including phenoxy) is 5. The number of hydrogen-bond acceptors (Lipinski definition) is 11. The summed E-state index contributed by atoms with van der Waals surface area (Å²) in [6.45, 7) is 23.4. The number of carbonyl (C=O) groups is 6. The molecule has 2 saturated heterocycles. The second-order valence-electron chi connectivity index (χ2n) is 12.3. The van der Waals surface area contributed by atoms with E-state index >= 15 is 0 Å². The van der Waals surface area contributed by atoms with E-state index in [2.05, 4.69) is 9.53 Å². The molecule has 0 aromatic carbocycles. The van der Waals surface area contributed by atoms with E-state index in [0.717, 1.165) is 13.2 Å². The summed E-state index contributed by atoms with van der Waals surface area (Å²) in [7, 11) is 0.500. The van der Waals surface area contributed by atoms with Gasteiger partial charge in [0.2, 0.25) is 0 Å². The number of carbonyl (C=O) groups excluding carboxylic acids is 6. The zero-order valence-electron chi connectivity index (χ0n) is 32.6. The van der Waals surface area contributed by atoms with E-state index in [1.165, 1.54) is 11.7 Å². The average molecular weight is 756 g/mol. The third kappa shape index (κ3) is 33.2. The largest absolute Gasteiger partial charge is 0.465 e. The fourth-order valence-corrected chi connectivity index (χ4v) is 3.67. The van der Waals surface area contributed by atoms with Gasteiger partial charge in [-0.2, -0.15) is 4.79 Å². The lowest BCUT2D eigenvalue weighted by Crippen LogP contribution is -2.41. The predicted octanol–water partition coefficient (Wildman–Crippen LogP) is 5.71. The Labute approximate surface area is 306 Å². The van der Waals surface area contributed by atoms with Gasteiger partial charge >= 0.3 is 37.9 Å². The number of Topliss-reactive ketones (excluding diaryl/α,β-unsaturated/α-hetero) is 2. The lowest BCUT2D eigenvalue weighted by Gasteiger charge is -2.29. The minimum Gasteiger partial charge on any atom is -0.465 e. The number of hydrogen-bond donors (Lipinski definition) is 0. The molecule has 0 aromatic heterocycles. The van der Waals surface area contributed by atoms with E-state index in [4.69, 9.17) is 33.6 Å². The normalized spacial score (nSPS) is 15.0. The zero-order valence-corrected chi connectivity index (χ0v) is 32.6. The molecule has 2 aliphatic rings. The number of nitrogens with zero attached hydrogens (tertiary/aromatic N) is 4. The molecule has 0 bridgehead atoms. The molecule has 19 heteroatoms. The predicted molar refractivity (Wildman–Crippen MR) is 188 cm³/mol. The van der Waals surface area contributed by atoms with Crippen LogP contribution in [0.25, 0.3) is 5.53 Å². The molecular formula is C33H59BF3N4O11. The molecule has 2 fully saturated rings. The van der Waals surface area contributed by atoms with Crippen molar-refractivity contribution in [2.75, 3.05) is 52.6 Å². The number of piperidine rings is 1. The van der Waals surface area contributed by atoms with E-state index in [9.17, 15) is 33.1 Å². The van der Waals surface area contributed by atoms with Crippen LogP contribution in [0.5, 0.6) is 0 Å². The Morgan fingerprint density at radius 2 is 1.19 bits per heavy atom. The van der Waals surface area contributed by atoms with Gasteiger partial charge in [0.15, 0.2) is 0 Å². The maximum absolute atomic E-state index is 12.0. The van der Waals surface area contributed by atoms with Crippen molar-refractivity contribution in [1.29, 1.82) is 0 Å². The van der Waals surface area contributed by atoms with Gasteiger partial charge in [-0.3, -0.25) is 14.4 Å². The molecule has 0 aliphatic carbocycles. The molecule has 0 N–H and O–H groups in total. The minimum atomic E-state index is -0.762. The Bertz CT molecular complexity index is 1070. The summed E-state index contributed by atoms with van der Waals surface area (Å²) in [6, 6.07) is 0. The van der Waals surface area contributed by atoms with Crippen LogP contribution in [0.4, 0.5) is 23.1 Å². The molecule has 2 aliphatic heterocycles. The van der Waals surface area contributed by atoms with Gasteiger partial charge in [-0.1, -0.05) is 6.82 Å². The number of esters is 2. The summed E-state index contributed by atoms with van der Waals surface area (Å²) in [6.07, 6.45) is 1.29. The summed E-state index contributed by atoms with van der Waals surface area (Å²) in [5.74, 6) is -1.83. The van der Waals surface area contributed by atoms with Crippen LogP contribution in [0.1, 0.15) is 94.9 Å². The smallest absolute Gasteiger partial charge is 0.413 e. The van der Waals surface area contributed by atoms with Gasteiger partial charge in [0.25, 0.3) is 0 Å². The third-order valence-corrected chi connectivity index (χ3v) is 5.76. The highest BCUT2D eigenvalue weighted by Crippen LogP contribution is 2.19. The molecular weight excluding hydrogens is 696 g/mol. The molecule has 15 nitrogen and oxygen atoms in total. The van der Waals surface area contributed by atoms with E-state index in [0.29, 0.717) is 52.9 Å². The standard InChI is InChI=1S/C14H23NO5.C10H17NO3.C4H6N2O2.C4H10O.CH3BF.F2/c1-5-19-12(17)10-6-8-15(9-7-11(10)16)13(18)20-14(2,3)4;1-10(2,3)14-9(13)11-6-4-8(12)5-7-11;1-2-8-4(7)3-6-5;1-3-5-4-2;1-2-3;1-2/h10H,5-9H2,1-4H3;4-7H2,1-3H3;3H,2H2,1H3;3-4H2,1-2H3;1H3;. The Hall–Kier alpha value is -3.99. The van der Waals surface area contributed by atoms with Crippen molar-refractivity contribution in [1.82, 2.24) is 9.80 Å². The van der Waals surface area contributed by atoms with Gasteiger partial charge in [-0.05, 0) is 75.7 Å². The van der Waals surface area contributed by atoms with Gasteiger partial charge in [-0.15, -0.1) is 0 Å². The van der Waals surface area contributed by atoms with E-state index < -0.39 is 35.2 Å². The molecule has 1 atom stereocenters. The van der Waals surface area contributed by atoms with Gasteiger partial charge < -0.3 is 43.3 Å². The van der Waals surface area contributed by atoms with Crippen LogP contribution in [0.2, 0.25) is 6.82 Å². The summed E-state index contributed by atoms with van der Waals surface area (Å²) < 4.78 is 50.7. The topological polar surface area (TPSA) is 191 Å². The first kappa shape index (κ1) is 54.8. The fourth-order valence-electron chi connectivity index (χ4n) is 3.67. The minimum absolute atomic E-state index is 0.155. The van der Waals surface area contributed by atoms with E-state index in [-0.39, 0.29) is 43.7 Å². The summed E-state index contributed by atoms with van der Waals surface area (Å²) >= 11 is 0. The molecule has 2 amide bonds. The monoisotopic (exact) mass is 755 g/mol. The van der Waals surface area contributed by atoms with Crippen LogP contribution < -0.4 is 0 Å². The zero-order chi connectivity index (χ0) is 41.3. The molecule has 2 heterocycles. The molecule has 0 aromatic rings. The SMILES string of the molecule is CC(C)(C)OC(=O)N1CCC(=O)CC1.CCOC(=O)C1CCN(C(=O)OC(C)(C)C)CCC1=O.CCOC(=O)C=[N+]=[N-].CCOCC.C[B]F.FF. The van der Waals surface area contributed by atoms with Crippen LogP contribution in [0, 0.1) is 5.92 Å². The molecule has 52 heavy (non-hydrogen) atoms. The van der Waals surface area contributed by atoms with Crippen molar-refractivity contribution in [3.8, 4) is 0 Å². The second kappa shape index (κ2) is 32.9. The Balaban J connectivity index is -0.000000312. The Morgan fingerprint density at radius 1 is 0.788 bits per heavy atom. The molecule has 0 saturated carbocycles. The fraction of sp³-hybridized carbons (Fsp3) is 0.788. The van der Waals surface area contributed by atoms with Gasteiger partial charge in [0.1, 0.15) is 28.7 Å².